The zero-order chi connectivity index (χ0) is 11.9. The van der Waals surface area contributed by atoms with Crippen molar-refractivity contribution in [1.82, 2.24) is 0 Å². The molecule has 4 heteroatoms. The van der Waals surface area contributed by atoms with Gasteiger partial charge in [-0.3, -0.25) is 0 Å². The van der Waals surface area contributed by atoms with Crippen LogP contribution in [-0.2, 0) is 8.85 Å². The molecule has 0 rings (SSSR count). The lowest BCUT2D eigenvalue weighted by Crippen LogP contribution is -1.95. The molecule has 0 unspecified atom stereocenters. The maximum atomic E-state index is 5.44. The standard InChI is InChI=1S/C12H24O2Si2/c1-3-15-13-11-9-7-5-6-8-10-12-14-16-4-2/h5-10H,3-4,11-12,15-16H2,1-2H3. The Morgan fingerprint density at radius 1 is 0.750 bits per heavy atom. The molecule has 0 aromatic carbocycles. The van der Waals surface area contributed by atoms with Gasteiger partial charge in [0.1, 0.15) is 0 Å². The van der Waals surface area contributed by atoms with Crippen molar-refractivity contribution in [2.24, 2.45) is 0 Å². The molecule has 0 heterocycles. The Morgan fingerprint density at radius 2 is 1.19 bits per heavy atom. The van der Waals surface area contributed by atoms with Crippen LogP contribution < -0.4 is 0 Å². The fourth-order valence-electron chi connectivity index (χ4n) is 0.988. The summed E-state index contributed by atoms with van der Waals surface area (Å²) in [6.45, 7) is 5.87. The van der Waals surface area contributed by atoms with E-state index >= 15 is 0 Å². The van der Waals surface area contributed by atoms with Crippen LogP contribution in [0.1, 0.15) is 13.8 Å². The first kappa shape index (κ1) is 15.6. The van der Waals surface area contributed by atoms with E-state index in [1.165, 1.54) is 12.1 Å². The zero-order valence-corrected chi connectivity index (χ0v) is 13.4. The maximum absolute atomic E-state index is 5.44. The molecule has 0 bridgehead atoms. The quantitative estimate of drug-likeness (QED) is 0.337. The van der Waals surface area contributed by atoms with Gasteiger partial charge < -0.3 is 8.85 Å². The first-order chi connectivity index (χ1) is 7.91. The maximum Gasteiger partial charge on any atom is 0.161 e. The van der Waals surface area contributed by atoms with E-state index in [0.717, 1.165) is 13.2 Å². The number of allylic oxidation sites excluding steroid dienone is 4. The molecule has 0 saturated heterocycles. The lowest BCUT2D eigenvalue weighted by atomic mass is 10.4. The fourth-order valence-corrected chi connectivity index (χ4v) is 2.17. The average Bonchev–Trinajstić information content (AvgIpc) is 2.31. The first-order valence-corrected chi connectivity index (χ1v) is 9.21. The molecule has 0 radical (unpaired) electrons. The van der Waals surface area contributed by atoms with Gasteiger partial charge in [0.25, 0.3) is 0 Å². The van der Waals surface area contributed by atoms with Gasteiger partial charge in [-0.15, -0.1) is 0 Å². The summed E-state index contributed by atoms with van der Waals surface area (Å²) in [6.07, 6.45) is 12.2. The lowest BCUT2D eigenvalue weighted by Gasteiger charge is -1.94. The molecule has 92 valence electrons. The third kappa shape index (κ3) is 13.6. The predicted octanol–water partition coefficient (Wildman–Crippen LogP) is 1.73. The minimum Gasteiger partial charge on any atom is -0.420 e. The Kier molecular flexibility index (Phi) is 14.2. The molecular weight excluding hydrogens is 232 g/mol. The molecule has 0 amide bonds. The Bertz CT molecular complexity index is 191. The van der Waals surface area contributed by atoms with Crippen LogP contribution >= 0.6 is 0 Å². The van der Waals surface area contributed by atoms with Crippen molar-refractivity contribution in [2.45, 2.75) is 25.9 Å². The van der Waals surface area contributed by atoms with Gasteiger partial charge in [0.2, 0.25) is 0 Å². The van der Waals surface area contributed by atoms with Crippen LogP contribution in [-0.4, -0.2) is 32.7 Å². The summed E-state index contributed by atoms with van der Waals surface area (Å²) in [4.78, 5) is 0. The lowest BCUT2D eigenvalue weighted by molar-refractivity contribution is 0.385. The Labute approximate surface area is 104 Å². The normalized spacial score (nSPS) is 13.9. The first-order valence-electron chi connectivity index (χ1n) is 6.05. The van der Waals surface area contributed by atoms with E-state index in [2.05, 4.69) is 13.8 Å². The molecule has 0 aromatic heterocycles. The van der Waals surface area contributed by atoms with Gasteiger partial charge in [-0.2, -0.15) is 0 Å². The van der Waals surface area contributed by atoms with Crippen molar-refractivity contribution in [3.8, 4) is 0 Å². The highest BCUT2D eigenvalue weighted by Gasteiger charge is 1.80. The number of rotatable bonds is 10. The third-order valence-electron chi connectivity index (χ3n) is 1.73. The molecule has 0 spiro atoms. The van der Waals surface area contributed by atoms with Gasteiger partial charge in [-0.1, -0.05) is 50.3 Å². The summed E-state index contributed by atoms with van der Waals surface area (Å²) in [5.41, 5.74) is 0. The van der Waals surface area contributed by atoms with Crippen molar-refractivity contribution < 1.29 is 8.85 Å². The van der Waals surface area contributed by atoms with Crippen molar-refractivity contribution >= 4 is 19.5 Å². The van der Waals surface area contributed by atoms with Gasteiger partial charge in [0.05, 0.1) is 13.2 Å². The van der Waals surface area contributed by atoms with Crippen LogP contribution in [0.5, 0.6) is 0 Å². The van der Waals surface area contributed by atoms with Gasteiger partial charge in [0.15, 0.2) is 19.5 Å². The largest absolute Gasteiger partial charge is 0.420 e. The summed E-state index contributed by atoms with van der Waals surface area (Å²) >= 11 is 0. The topological polar surface area (TPSA) is 18.5 Å². The van der Waals surface area contributed by atoms with Crippen LogP contribution in [0.25, 0.3) is 0 Å². The van der Waals surface area contributed by atoms with Crippen LogP contribution in [0.3, 0.4) is 0 Å². The Morgan fingerprint density at radius 3 is 1.56 bits per heavy atom. The fraction of sp³-hybridized carbons (Fsp3) is 0.500. The molecular formula is C12H24O2Si2. The van der Waals surface area contributed by atoms with Gasteiger partial charge in [-0.25, -0.2) is 0 Å². The summed E-state index contributed by atoms with van der Waals surface area (Å²) in [5.74, 6) is 0. The van der Waals surface area contributed by atoms with Crippen molar-refractivity contribution in [2.75, 3.05) is 13.2 Å². The highest BCUT2D eigenvalue weighted by atomic mass is 28.2. The molecule has 2 nitrogen and oxygen atoms in total. The zero-order valence-electron chi connectivity index (χ0n) is 10.5. The van der Waals surface area contributed by atoms with Crippen molar-refractivity contribution in [3.05, 3.63) is 36.5 Å². The van der Waals surface area contributed by atoms with E-state index in [0.29, 0.717) is 0 Å². The molecule has 0 N–H and O–H groups in total. The van der Waals surface area contributed by atoms with Gasteiger partial charge in [-0.05, 0) is 12.1 Å². The predicted molar refractivity (Wildman–Crippen MR) is 77.4 cm³/mol. The molecule has 0 fully saturated rings. The summed E-state index contributed by atoms with van der Waals surface area (Å²) in [7, 11) is -0.473. The molecule has 0 saturated carbocycles. The average molecular weight is 256 g/mol. The second-order valence-electron chi connectivity index (χ2n) is 3.39. The van der Waals surface area contributed by atoms with E-state index in [4.69, 9.17) is 8.85 Å². The minimum atomic E-state index is -0.236. The van der Waals surface area contributed by atoms with E-state index in [1.54, 1.807) is 0 Å². The van der Waals surface area contributed by atoms with E-state index in [9.17, 15) is 0 Å². The molecule has 0 aliphatic rings. The second kappa shape index (κ2) is 14.6. The number of hydrogen-bond acceptors (Lipinski definition) is 2. The van der Waals surface area contributed by atoms with Crippen LogP contribution in [0.2, 0.25) is 12.1 Å². The van der Waals surface area contributed by atoms with Crippen molar-refractivity contribution in [3.63, 3.8) is 0 Å². The minimum absolute atomic E-state index is 0.236. The summed E-state index contributed by atoms with van der Waals surface area (Å²) < 4.78 is 10.9. The summed E-state index contributed by atoms with van der Waals surface area (Å²) in [5, 5.41) is 0. The molecule has 0 aliphatic heterocycles. The SMILES string of the molecule is CC[SiH2]OCC=CC=CC=CCO[SiH2]CC. The van der Waals surface area contributed by atoms with E-state index < -0.39 is 0 Å². The summed E-state index contributed by atoms with van der Waals surface area (Å²) in [6, 6.07) is 2.43. The van der Waals surface area contributed by atoms with E-state index in [1.807, 2.05) is 36.5 Å². The Hall–Kier alpha value is -0.426. The second-order valence-corrected chi connectivity index (χ2v) is 7.02. The highest BCUT2D eigenvalue weighted by Crippen LogP contribution is 1.84. The number of hydrogen-bond donors (Lipinski definition) is 0. The molecule has 0 aliphatic carbocycles. The van der Waals surface area contributed by atoms with Crippen LogP contribution in [0.4, 0.5) is 0 Å². The smallest absolute Gasteiger partial charge is 0.161 e. The van der Waals surface area contributed by atoms with Crippen LogP contribution in [0.15, 0.2) is 36.5 Å². The van der Waals surface area contributed by atoms with Gasteiger partial charge in [0, 0.05) is 0 Å². The third-order valence-corrected chi connectivity index (χ3v) is 3.60. The molecule has 0 atom stereocenters. The van der Waals surface area contributed by atoms with E-state index in [-0.39, 0.29) is 19.5 Å². The Balaban J connectivity index is 3.31. The molecule has 16 heavy (non-hydrogen) atoms. The van der Waals surface area contributed by atoms with Crippen molar-refractivity contribution in [1.29, 1.82) is 0 Å². The highest BCUT2D eigenvalue weighted by molar-refractivity contribution is 6.27. The molecule has 0 aromatic rings. The monoisotopic (exact) mass is 256 g/mol. The van der Waals surface area contributed by atoms with Crippen LogP contribution in [0, 0.1) is 0 Å². The van der Waals surface area contributed by atoms with Gasteiger partial charge >= 0.3 is 0 Å².